The normalized spacial score (nSPS) is 12.8. The molecule has 0 saturated heterocycles. The topological polar surface area (TPSA) is 0 Å². The summed E-state index contributed by atoms with van der Waals surface area (Å²) in [6.07, 6.45) is 5.58. The van der Waals surface area contributed by atoms with Crippen LogP contribution in [0, 0.1) is 5.92 Å². The molecule has 2 aromatic carbocycles. The van der Waals surface area contributed by atoms with Crippen molar-refractivity contribution in [2.45, 2.75) is 13.3 Å². The minimum Gasteiger partial charge on any atom is -0.0808 e. The van der Waals surface area contributed by atoms with E-state index in [1.807, 2.05) is 6.07 Å². The van der Waals surface area contributed by atoms with Crippen molar-refractivity contribution < 1.29 is 0 Å². The van der Waals surface area contributed by atoms with Crippen LogP contribution in [0.25, 0.3) is 6.08 Å². The molecule has 0 heterocycles. The molecule has 0 bridgehead atoms. The van der Waals surface area contributed by atoms with Crippen molar-refractivity contribution in [3.63, 3.8) is 0 Å². The monoisotopic (exact) mass is 222 g/mol. The van der Waals surface area contributed by atoms with Crippen molar-refractivity contribution in [3.05, 3.63) is 77.9 Å². The van der Waals surface area contributed by atoms with Gasteiger partial charge in [-0.2, -0.15) is 0 Å². The van der Waals surface area contributed by atoms with E-state index in [9.17, 15) is 0 Å². The molecule has 0 unspecified atom stereocenters. The lowest BCUT2D eigenvalue weighted by molar-refractivity contribution is 0.727. The van der Waals surface area contributed by atoms with Gasteiger partial charge in [-0.15, -0.1) is 0 Å². The zero-order valence-electron chi connectivity index (χ0n) is 10.2. The highest BCUT2D eigenvalue weighted by atomic mass is 14.0. The molecule has 0 aliphatic heterocycles. The summed E-state index contributed by atoms with van der Waals surface area (Å²) < 4.78 is 0. The molecule has 0 aromatic heterocycles. The molecule has 0 N–H and O–H groups in total. The van der Waals surface area contributed by atoms with Crippen LogP contribution in [0.2, 0.25) is 0 Å². The summed E-state index contributed by atoms with van der Waals surface area (Å²) in [5.74, 6) is 0.567. The van der Waals surface area contributed by atoms with E-state index in [1.165, 1.54) is 11.1 Å². The maximum atomic E-state index is 2.28. The van der Waals surface area contributed by atoms with Crippen molar-refractivity contribution in [2.24, 2.45) is 5.92 Å². The molecule has 0 radical (unpaired) electrons. The first-order chi connectivity index (χ1) is 8.34. The summed E-state index contributed by atoms with van der Waals surface area (Å²) in [6, 6.07) is 21.1. The first kappa shape index (κ1) is 11.7. The summed E-state index contributed by atoms with van der Waals surface area (Å²) in [5.41, 5.74) is 2.67. The summed E-state index contributed by atoms with van der Waals surface area (Å²) in [4.78, 5) is 0. The second-order valence-corrected chi connectivity index (χ2v) is 4.44. The van der Waals surface area contributed by atoms with E-state index < -0.39 is 0 Å². The summed E-state index contributed by atoms with van der Waals surface area (Å²) in [5, 5.41) is 0. The predicted molar refractivity (Wildman–Crippen MR) is 74.8 cm³/mol. The van der Waals surface area contributed by atoms with E-state index in [-0.39, 0.29) is 0 Å². The van der Waals surface area contributed by atoms with E-state index in [0.717, 1.165) is 6.42 Å². The molecule has 2 rings (SSSR count). The van der Waals surface area contributed by atoms with Gasteiger partial charge in [0, 0.05) is 0 Å². The number of allylic oxidation sites excluding steroid dienone is 1. The minimum atomic E-state index is 0.567. The molecule has 0 fully saturated rings. The van der Waals surface area contributed by atoms with E-state index in [1.54, 1.807) is 0 Å². The highest BCUT2D eigenvalue weighted by Gasteiger charge is 1.98. The maximum Gasteiger partial charge on any atom is -0.0218 e. The van der Waals surface area contributed by atoms with Crippen molar-refractivity contribution in [3.8, 4) is 0 Å². The van der Waals surface area contributed by atoms with E-state index in [4.69, 9.17) is 0 Å². The van der Waals surface area contributed by atoms with E-state index in [2.05, 4.69) is 73.7 Å². The lowest BCUT2D eigenvalue weighted by Crippen LogP contribution is -1.95. The van der Waals surface area contributed by atoms with Gasteiger partial charge in [0.2, 0.25) is 0 Å². The molecule has 0 aliphatic carbocycles. The Morgan fingerprint density at radius 3 is 2.12 bits per heavy atom. The first-order valence-electron chi connectivity index (χ1n) is 6.12. The Bertz CT molecular complexity index is 454. The van der Waals surface area contributed by atoms with Crippen molar-refractivity contribution in [1.29, 1.82) is 0 Å². The summed E-state index contributed by atoms with van der Waals surface area (Å²) >= 11 is 0. The van der Waals surface area contributed by atoms with Crippen LogP contribution in [0.4, 0.5) is 0 Å². The van der Waals surface area contributed by atoms with Gasteiger partial charge in [-0.25, -0.2) is 0 Å². The van der Waals surface area contributed by atoms with Gasteiger partial charge < -0.3 is 0 Å². The average molecular weight is 222 g/mol. The van der Waals surface area contributed by atoms with Gasteiger partial charge in [0.25, 0.3) is 0 Å². The van der Waals surface area contributed by atoms with Crippen molar-refractivity contribution >= 4 is 6.08 Å². The Hall–Kier alpha value is -1.82. The number of rotatable bonds is 4. The Labute approximate surface area is 104 Å². The molecule has 86 valence electrons. The van der Waals surface area contributed by atoms with Crippen LogP contribution in [-0.4, -0.2) is 0 Å². The molecular formula is C17H18. The Morgan fingerprint density at radius 1 is 0.882 bits per heavy atom. The third-order valence-electron chi connectivity index (χ3n) is 2.82. The van der Waals surface area contributed by atoms with Gasteiger partial charge in [-0.05, 0) is 23.5 Å². The molecule has 1 atom stereocenters. The Kier molecular flexibility index (Phi) is 4.15. The van der Waals surface area contributed by atoms with Crippen LogP contribution in [0.1, 0.15) is 18.1 Å². The molecule has 0 saturated carbocycles. The van der Waals surface area contributed by atoms with Gasteiger partial charge in [-0.3, -0.25) is 0 Å². The third-order valence-corrected chi connectivity index (χ3v) is 2.82. The number of benzene rings is 2. The van der Waals surface area contributed by atoms with Crippen LogP contribution >= 0.6 is 0 Å². The fourth-order valence-corrected chi connectivity index (χ4v) is 1.89. The SMILES string of the molecule is C[C@H](/C=C/c1ccccc1)Cc1ccccc1. The molecular weight excluding hydrogens is 204 g/mol. The fourth-order valence-electron chi connectivity index (χ4n) is 1.89. The molecule has 0 amide bonds. The van der Waals surface area contributed by atoms with Crippen molar-refractivity contribution in [2.75, 3.05) is 0 Å². The van der Waals surface area contributed by atoms with Gasteiger partial charge in [0.05, 0.1) is 0 Å². The first-order valence-corrected chi connectivity index (χ1v) is 6.12. The highest BCUT2D eigenvalue weighted by molar-refractivity contribution is 5.49. The molecule has 0 spiro atoms. The number of hydrogen-bond donors (Lipinski definition) is 0. The fraction of sp³-hybridized carbons (Fsp3) is 0.176. The second-order valence-electron chi connectivity index (χ2n) is 4.44. The maximum absolute atomic E-state index is 2.28. The zero-order valence-corrected chi connectivity index (χ0v) is 10.2. The Morgan fingerprint density at radius 2 is 1.47 bits per heavy atom. The van der Waals surface area contributed by atoms with Gasteiger partial charge in [0.15, 0.2) is 0 Å². The van der Waals surface area contributed by atoms with Gasteiger partial charge in [-0.1, -0.05) is 79.7 Å². The lowest BCUT2D eigenvalue weighted by Gasteiger charge is -2.05. The van der Waals surface area contributed by atoms with Crippen molar-refractivity contribution in [1.82, 2.24) is 0 Å². The summed E-state index contributed by atoms with van der Waals surface area (Å²) in [7, 11) is 0. The smallest absolute Gasteiger partial charge is 0.0218 e. The molecule has 17 heavy (non-hydrogen) atoms. The van der Waals surface area contributed by atoms with Crippen LogP contribution in [0.5, 0.6) is 0 Å². The quantitative estimate of drug-likeness (QED) is 0.710. The third kappa shape index (κ3) is 3.92. The summed E-state index contributed by atoms with van der Waals surface area (Å²) in [6.45, 7) is 2.26. The van der Waals surface area contributed by atoms with Gasteiger partial charge >= 0.3 is 0 Å². The Balaban J connectivity index is 1.94. The lowest BCUT2D eigenvalue weighted by atomic mass is 10.00. The highest BCUT2D eigenvalue weighted by Crippen LogP contribution is 2.11. The average Bonchev–Trinajstić information content (AvgIpc) is 2.39. The predicted octanol–water partition coefficient (Wildman–Crippen LogP) is 4.58. The molecule has 0 heteroatoms. The van der Waals surface area contributed by atoms with Crippen LogP contribution < -0.4 is 0 Å². The zero-order chi connectivity index (χ0) is 11.9. The van der Waals surface area contributed by atoms with Crippen LogP contribution in [-0.2, 0) is 6.42 Å². The largest absolute Gasteiger partial charge is 0.0808 e. The number of hydrogen-bond acceptors (Lipinski definition) is 0. The molecule has 0 nitrogen and oxygen atoms in total. The second kappa shape index (κ2) is 6.05. The van der Waals surface area contributed by atoms with Crippen LogP contribution in [0.15, 0.2) is 66.7 Å². The van der Waals surface area contributed by atoms with Crippen LogP contribution in [0.3, 0.4) is 0 Å². The van der Waals surface area contributed by atoms with Gasteiger partial charge in [0.1, 0.15) is 0 Å². The van der Waals surface area contributed by atoms with E-state index >= 15 is 0 Å². The minimum absolute atomic E-state index is 0.567. The molecule has 2 aromatic rings. The molecule has 0 aliphatic rings. The standard InChI is InChI=1S/C17H18/c1-15(14-17-10-6-3-7-11-17)12-13-16-8-4-2-5-9-16/h2-13,15H,14H2,1H3/b13-12+/t15-/m1/s1. The van der Waals surface area contributed by atoms with E-state index in [0.29, 0.717) is 5.92 Å².